The van der Waals surface area contributed by atoms with Crippen LogP contribution in [0.4, 0.5) is 0 Å². The molecule has 0 radical (unpaired) electrons. The number of amides is 1. The molecule has 2 aromatic heterocycles. The zero-order valence-electron chi connectivity index (χ0n) is 16.0. The van der Waals surface area contributed by atoms with Crippen LogP contribution in [-0.4, -0.2) is 42.1 Å². The minimum Gasteiger partial charge on any atom is -0.487 e. The van der Waals surface area contributed by atoms with Crippen LogP contribution in [0.3, 0.4) is 0 Å². The number of fused-ring (bicyclic) bond motifs is 2. The van der Waals surface area contributed by atoms with E-state index in [1.165, 1.54) is 44.2 Å². The Morgan fingerprint density at radius 3 is 2.84 bits per heavy atom. The zero-order valence-corrected chi connectivity index (χ0v) is 17.6. The van der Waals surface area contributed by atoms with Crippen molar-refractivity contribution in [1.82, 2.24) is 19.6 Å². The predicted molar refractivity (Wildman–Crippen MR) is 119 cm³/mol. The maximum Gasteiger partial charge on any atom is 0.283 e. The first-order valence-electron chi connectivity index (χ1n) is 9.00. The summed E-state index contributed by atoms with van der Waals surface area (Å²) in [7, 11) is 0. The molecule has 0 atom stereocenters. The third-order valence-electron chi connectivity index (χ3n) is 4.37. The minimum atomic E-state index is -0.472. The molecule has 0 saturated carbocycles. The summed E-state index contributed by atoms with van der Waals surface area (Å²) in [5, 5.41) is 18.8. The number of aromatic nitrogens is 3. The van der Waals surface area contributed by atoms with Crippen molar-refractivity contribution in [3.63, 3.8) is 0 Å². The smallest absolute Gasteiger partial charge is 0.283 e. The number of aryl methyl sites for hydroxylation is 1. The molecule has 1 amide bonds. The molecule has 0 saturated heterocycles. The molecule has 3 aromatic rings. The van der Waals surface area contributed by atoms with Gasteiger partial charge in [0.15, 0.2) is 11.0 Å². The lowest BCUT2D eigenvalue weighted by Gasteiger charge is -2.20. The number of rotatable bonds is 4. The lowest BCUT2D eigenvalue weighted by molar-refractivity contribution is -0.114. The second-order valence-corrected chi connectivity index (χ2v) is 8.49. The van der Waals surface area contributed by atoms with E-state index in [2.05, 4.69) is 20.2 Å². The molecule has 0 spiro atoms. The highest BCUT2D eigenvalue weighted by molar-refractivity contribution is 8.25. The van der Waals surface area contributed by atoms with Crippen LogP contribution in [0.5, 0.6) is 5.75 Å². The quantitative estimate of drug-likeness (QED) is 0.603. The van der Waals surface area contributed by atoms with Crippen molar-refractivity contribution in [3.8, 4) is 5.75 Å². The van der Waals surface area contributed by atoms with Gasteiger partial charge in [-0.1, -0.05) is 23.5 Å². The molecule has 10 nitrogen and oxygen atoms in total. The molecule has 1 N–H and O–H groups in total. The number of ether oxygens (including phenoxy) is 1. The molecule has 0 aliphatic carbocycles. The van der Waals surface area contributed by atoms with Gasteiger partial charge in [-0.25, -0.2) is 4.98 Å². The van der Waals surface area contributed by atoms with Crippen LogP contribution in [0, 0.1) is 12.3 Å². The number of hydrogen-bond donors (Lipinski definition) is 1. The van der Waals surface area contributed by atoms with E-state index in [4.69, 9.17) is 10.1 Å². The molecule has 154 valence electrons. The number of amidine groups is 2. The first kappa shape index (κ1) is 19.3. The Morgan fingerprint density at radius 2 is 2.03 bits per heavy atom. The largest absolute Gasteiger partial charge is 0.487 e. The SMILES string of the molecule is Cc1nn2c(=O)cc(COc3ccc(/C=C4\C(=N)N5N=CSC5=NC4=O)cc3)nc2s1. The molecule has 5 rings (SSSR count). The van der Waals surface area contributed by atoms with Crippen molar-refractivity contribution in [3.05, 3.63) is 62.5 Å². The fourth-order valence-electron chi connectivity index (χ4n) is 2.95. The standard InChI is InChI=1S/C19H13N7O3S2/c1-10-24-25-15(27)7-12(22-19(25)31-10)8-29-13-4-2-11(3-5-13)6-14-16(20)26-18(23-17(14)28)30-9-21-26/h2-7,9,20H,8H2,1H3/b14-6+,20-16?. The van der Waals surface area contributed by atoms with Crippen LogP contribution in [0.15, 0.2) is 50.8 Å². The summed E-state index contributed by atoms with van der Waals surface area (Å²) < 4.78 is 7.01. The van der Waals surface area contributed by atoms with Crippen LogP contribution < -0.4 is 10.3 Å². The van der Waals surface area contributed by atoms with Crippen LogP contribution >= 0.6 is 23.1 Å². The number of thioether (sulfide) groups is 1. The number of nitrogens with zero attached hydrogens (tertiary/aromatic N) is 6. The van der Waals surface area contributed by atoms with Crippen molar-refractivity contribution >= 4 is 56.6 Å². The second-order valence-electron chi connectivity index (χ2n) is 6.52. The average molecular weight is 451 g/mol. The van der Waals surface area contributed by atoms with Crippen molar-refractivity contribution in [1.29, 1.82) is 5.41 Å². The summed E-state index contributed by atoms with van der Waals surface area (Å²) in [4.78, 5) is 33.2. The summed E-state index contributed by atoms with van der Waals surface area (Å²) in [6, 6.07) is 8.41. The third kappa shape index (κ3) is 3.66. The van der Waals surface area contributed by atoms with Gasteiger partial charge in [0.25, 0.3) is 11.5 Å². The van der Waals surface area contributed by atoms with Crippen LogP contribution in [0.1, 0.15) is 16.3 Å². The fourth-order valence-corrected chi connectivity index (χ4v) is 4.32. The van der Waals surface area contributed by atoms with E-state index in [0.29, 0.717) is 27.1 Å². The summed E-state index contributed by atoms with van der Waals surface area (Å²) >= 11 is 2.54. The number of hydrazone groups is 1. The Kier molecular flexibility index (Phi) is 4.71. The normalized spacial score (nSPS) is 16.9. The van der Waals surface area contributed by atoms with Crippen molar-refractivity contribution in [2.45, 2.75) is 13.5 Å². The van der Waals surface area contributed by atoms with Gasteiger partial charge in [0.2, 0.25) is 4.96 Å². The minimum absolute atomic E-state index is 0.0115. The molecular weight excluding hydrogens is 438 g/mol. The fraction of sp³-hybridized carbons (Fsp3) is 0.105. The van der Waals surface area contributed by atoms with Gasteiger partial charge in [0.1, 0.15) is 17.4 Å². The number of carbonyl (C=O) groups excluding carboxylic acids is 1. The van der Waals surface area contributed by atoms with Crippen molar-refractivity contribution < 1.29 is 9.53 Å². The Hall–Kier alpha value is -3.64. The molecule has 1 aromatic carbocycles. The number of benzene rings is 1. The van der Waals surface area contributed by atoms with E-state index < -0.39 is 5.91 Å². The molecule has 0 bridgehead atoms. The highest BCUT2D eigenvalue weighted by atomic mass is 32.2. The Balaban J connectivity index is 1.31. The zero-order chi connectivity index (χ0) is 21.5. The predicted octanol–water partition coefficient (Wildman–Crippen LogP) is 2.29. The van der Waals surface area contributed by atoms with Gasteiger partial charge in [-0.15, -0.1) is 0 Å². The molecule has 2 aliphatic rings. The van der Waals surface area contributed by atoms with Gasteiger partial charge < -0.3 is 4.74 Å². The lowest BCUT2D eigenvalue weighted by atomic mass is 10.1. The molecule has 0 fully saturated rings. The first-order chi connectivity index (χ1) is 15.0. The van der Waals surface area contributed by atoms with Gasteiger partial charge in [-0.2, -0.15) is 24.7 Å². The number of carbonyl (C=O) groups is 1. The number of aliphatic imine (C=N–C) groups is 1. The third-order valence-corrected chi connectivity index (χ3v) is 5.87. The van der Waals surface area contributed by atoms with Gasteiger partial charge in [0.05, 0.1) is 16.8 Å². The lowest BCUT2D eigenvalue weighted by Crippen LogP contribution is -2.35. The van der Waals surface area contributed by atoms with Gasteiger partial charge >= 0.3 is 0 Å². The van der Waals surface area contributed by atoms with Gasteiger partial charge in [-0.3, -0.25) is 15.0 Å². The van der Waals surface area contributed by atoms with Gasteiger partial charge in [0, 0.05) is 6.07 Å². The highest BCUT2D eigenvalue weighted by Crippen LogP contribution is 2.25. The summed E-state index contributed by atoms with van der Waals surface area (Å²) in [6.07, 6.45) is 1.59. The number of nitrogens with one attached hydrogen (secondary N) is 1. The van der Waals surface area contributed by atoms with E-state index in [0.717, 1.165) is 5.01 Å². The summed E-state index contributed by atoms with van der Waals surface area (Å²) in [5.74, 6) is 0.0961. The monoisotopic (exact) mass is 451 g/mol. The van der Waals surface area contributed by atoms with Crippen LogP contribution in [0.2, 0.25) is 0 Å². The maximum absolute atomic E-state index is 12.2. The maximum atomic E-state index is 12.2. The van der Waals surface area contributed by atoms with Gasteiger partial charge in [-0.05, 0) is 42.5 Å². The second kappa shape index (κ2) is 7.56. The highest BCUT2D eigenvalue weighted by Gasteiger charge is 2.32. The average Bonchev–Trinajstić information content (AvgIpc) is 3.36. The Morgan fingerprint density at radius 1 is 1.23 bits per heavy atom. The summed E-state index contributed by atoms with van der Waals surface area (Å²) in [5.41, 5.74) is 2.68. The van der Waals surface area contributed by atoms with Crippen LogP contribution in [-0.2, 0) is 11.4 Å². The molecule has 4 heterocycles. The summed E-state index contributed by atoms with van der Waals surface area (Å²) in [6.45, 7) is 1.95. The Bertz CT molecular complexity index is 1390. The first-order valence-corrected chi connectivity index (χ1v) is 10.7. The van der Waals surface area contributed by atoms with E-state index >= 15 is 0 Å². The molecule has 2 aliphatic heterocycles. The molecule has 31 heavy (non-hydrogen) atoms. The van der Waals surface area contributed by atoms with E-state index in [9.17, 15) is 9.59 Å². The molecule has 12 heteroatoms. The van der Waals surface area contributed by atoms with Crippen LogP contribution in [0.25, 0.3) is 11.0 Å². The number of hydrogen-bond acceptors (Lipinski definition) is 9. The molecular formula is C19H13N7O3S2. The Labute approximate surface area is 183 Å². The van der Waals surface area contributed by atoms with Crippen molar-refractivity contribution in [2.75, 3.05) is 0 Å². The molecule has 0 unspecified atom stereocenters. The van der Waals surface area contributed by atoms with Crippen molar-refractivity contribution in [2.24, 2.45) is 10.1 Å². The van der Waals surface area contributed by atoms with E-state index in [1.54, 1.807) is 30.3 Å². The topological polar surface area (TPSA) is 125 Å². The van der Waals surface area contributed by atoms with E-state index in [-0.39, 0.29) is 23.6 Å². The van der Waals surface area contributed by atoms with E-state index in [1.807, 2.05) is 6.92 Å².